The third-order valence-corrected chi connectivity index (χ3v) is 4.46. The van der Waals surface area contributed by atoms with E-state index in [0.29, 0.717) is 12.2 Å². The zero-order valence-electron chi connectivity index (χ0n) is 14.4. The first-order chi connectivity index (χ1) is 12.1. The predicted molar refractivity (Wildman–Crippen MR) is 99.8 cm³/mol. The maximum atomic E-state index is 12.0. The Bertz CT molecular complexity index is 700. The van der Waals surface area contributed by atoms with Gasteiger partial charge in [-0.15, -0.1) is 11.8 Å². The lowest BCUT2D eigenvalue weighted by molar-refractivity contribution is -0.119. The molecule has 0 fully saturated rings. The zero-order valence-corrected chi connectivity index (χ0v) is 15.2. The van der Waals surface area contributed by atoms with E-state index in [4.69, 9.17) is 4.74 Å². The van der Waals surface area contributed by atoms with Crippen molar-refractivity contribution in [3.63, 3.8) is 0 Å². The molecule has 0 aromatic heterocycles. The van der Waals surface area contributed by atoms with Gasteiger partial charge in [0.2, 0.25) is 5.91 Å². The Morgan fingerprint density at radius 2 is 1.64 bits per heavy atom. The van der Waals surface area contributed by atoms with Gasteiger partial charge >= 0.3 is 0 Å². The highest BCUT2D eigenvalue weighted by atomic mass is 32.2. The van der Waals surface area contributed by atoms with Gasteiger partial charge in [-0.1, -0.05) is 19.1 Å². The number of rotatable bonds is 7. The molecule has 0 unspecified atom stereocenters. The van der Waals surface area contributed by atoms with Gasteiger partial charge in [-0.25, -0.2) is 0 Å². The second-order valence-corrected chi connectivity index (χ2v) is 6.29. The summed E-state index contributed by atoms with van der Waals surface area (Å²) in [5, 5.41) is 0. The van der Waals surface area contributed by atoms with Crippen LogP contribution in [0.2, 0.25) is 0 Å². The SMILES string of the molecule is CCOc1ccc(SCC(=O)NNC(=O)c2ccc(CC)cc2)cc1. The number of benzene rings is 2. The lowest BCUT2D eigenvalue weighted by atomic mass is 10.1. The maximum Gasteiger partial charge on any atom is 0.269 e. The van der Waals surface area contributed by atoms with Crippen LogP contribution < -0.4 is 15.6 Å². The molecule has 0 bridgehead atoms. The molecule has 0 atom stereocenters. The van der Waals surface area contributed by atoms with E-state index < -0.39 is 0 Å². The van der Waals surface area contributed by atoms with Crippen LogP contribution in [0.3, 0.4) is 0 Å². The van der Waals surface area contributed by atoms with E-state index in [1.54, 1.807) is 12.1 Å². The molecule has 0 saturated carbocycles. The summed E-state index contributed by atoms with van der Waals surface area (Å²) in [4.78, 5) is 24.8. The molecule has 132 valence electrons. The Morgan fingerprint density at radius 1 is 0.960 bits per heavy atom. The van der Waals surface area contributed by atoms with Crippen molar-refractivity contribution in [2.24, 2.45) is 0 Å². The summed E-state index contributed by atoms with van der Waals surface area (Å²) >= 11 is 1.39. The number of nitrogens with one attached hydrogen (secondary N) is 2. The molecular formula is C19H22N2O3S. The van der Waals surface area contributed by atoms with Crippen molar-refractivity contribution in [1.29, 1.82) is 0 Å². The highest BCUT2D eigenvalue weighted by molar-refractivity contribution is 8.00. The molecule has 2 rings (SSSR count). The minimum atomic E-state index is -0.331. The van der Waals surface area contributed by atoms with Crippen LogP contribution in [0.4, 0.5) is 0 Å². The van der Waals surface area contributed by atoms with E-state index in [1.807, 2.05) is 43.3 Å². The van der Waals surface area contributed by atoms with Gasteiger partial charge in [-0.3, -0.25) is 20.4 Å². The average molecular weight is 358 g/mol. The number of hydrogen-bond donors (Lipinski definition) is 2. The van der Waals surface area contributed by atoms with Crippen LogP contribution in [-0.2, 0) is 11.2 Å². The number of carbonyl (C=O) groups is 2. The Morgan fingerprint density at radius 3 is 2.24 bits per heavy atom. The summed E-state index contributed by atoms with van der Waals surface area (Å²) in [7, 11) is 0. The molecule has 2 N–H and O–H groups in total. The predicted octanol–water partition coefficient (Wildman–Crippen LogP) is 3.20. The molecule has 2 aromatic carbocycles. The fourth-order valence-electron chi connectivity index (χ4n) is 2.07. The summed E-state index contributed by atoms with van der Waals surface area (Å²) < 4.78 is 5.37. The van der Waals surface area contributed by atoms with Crippen LogP contribution in [0.1, 0.15) is 29.8 Å². The van der Waals surface area contributed by atoms with Crippen LogP contribution in [0, 0.1) is 0 Å². The van der Waals surface area contributed by atoms with E-state index in [9.17, 15) is 9.59 Å². The molecule has 0 heterocycles. The van der Waals surface area contributed by atoms with E-state index in [1.165, 1.54) is 11.8 Å². The van der Waals surface area contributed by atoms with Gasteiger partial charge < -0.3 is 4.74 Å². The molecule has 0 spiro atoms. The van der Waals surface area contributed by atoms with E-state index in [0.717, 1.165) is 22.6 Å². The molecule has 2 aromatic rings. The third-order valence-electron chi connectivity index (χ3n) is 3.44. The number of hydrazine groups is 1. The minimum absolute atomic E-state index is 0.211. The van der Waals surface area contributed by atoms with Crippen molar-refractivity contribution in [2.45, 2.75) is 25.2 Å². The van der Waals surface area contributed by atoms with Crippen LogP contribution in [0.5, 0.6) is 5.75 Å². The Balaban J connectivity index is 1.75. The van der Waals surface area contributed by atoms with Crippen molar-refractivity contribution in [1.82, 2.24) is 10.9 Å². The minimum Gasteiger partial charge on any atom is -0.494 e. The Labute approximate surface area is 152 Å². The lowest BCUT2D eigenvalue weighted by Crippen LogP contribution is -2.42. The van der Waals surface area contributed by atoms with Gasteiger partial charge in [-0.2, -0.15) is 0 Å². The number of amides is 2. The van der Waals surface area contributed by atoms with Gasteiger partial charge in [0.25, 0.3) is 5.91 Å². The topological polar surface area (TPSA) is 67.4 Å². The highest BCUT2D eigenvalue weighted by Gasteiger charge is 2.08. The van der Waals surface area contributed by atoms with Crippen LogP contribution in [0.15, 0.2) is 53.4 Å². The molecule has 0 saturated heterocycles. The van der Waals surface area contributed by atoms with Crippen molar-refractivity contribution in [3.05, 3.63) is 59.7 Å². The molecule has 5 nitrogen and oxygen atoms in total. The monoisotopic (exact) mass is 358 g/mol. The summed E-state index contributed by atoms with van der Waals surface area (Å²) in [6.45, 7) is 4.60. The Hall–Kier alpha value is -2.47. The summed E-state index contributed by atoms with van der Waals surface area (Å²) in [5.41, 5.74) is 6.52. The van der Waals surface area contributed by atoms with Crippen LogP contribution in [0.25, 0.3) is 0 Å². The standard InChI is InChI=1S/C19H22N2O3S/c1-3-14-5-7-15(8-6-14)19(23)21-20-18(22)13-25-17-11-9-16(10-12-17)24-4-2/h5-12H,3-4,13H2,1-2H3,(H,20,22)(H,21,23). The van der Waals surface area contributed by atoms with E-state index in [-0.39, 0.29) is 17.6 Å². The third kappa shape index (κ3) is 6.15. The number of ether oxygens (including phenoxy) is 1. The number of aryl methyl sites for hydroxylation is 1. The molecule has 0 radical (unpaired) electrons. The number of hydrogen-bond acceptors (Lipinski definition) is 4. The first kappa shape index (κ1) is 18.9. The van der Waals surface area contributed by atoms with Gasteiger partial charge in [0.05, 0.1) is 12.4 Å². The lowest BCUT2D eigenvalue weighted by Gasteiger charge is -2.08. The normalized spacial score (nSPS) is 10.2. The van der Waals surface area contributed by atoms with Crippen LogP contribution in [-0.4, -0.2) is 24.2 Å². The van der Waals surface area contributed by atoms with E-state index in [2.05, 4.69) is 17.8 Å². The molecule has 6 heteroatoms. The number of thioether (sulfide) groups is 1. The second kappa shape index (κ2) is 9.74. The van der Waals surface area contributed by atoms with Gasteiger partial charge in [0, 0.05) is 10.5 Å². The van der Waals surface area contributed by atoms with E-state index >= 15 is 0 Å². The Kier molecular flexibility index (Phi) is 7.35. The van der Waals surface area contributed by atoms with Crippen molar-refractivity contribution < 1.29 is 14.3 Å². The smallest absolute Gasteiger partial charge is 0.269 e. The fraction of sp³-hybridized carbons (Fsp3) is 0.263. The van der Waals surface area contributed by atoms with Gasteiger partial charge in [0.1, 0.15) is 5.75 Å². The zero-order chi connectivity index (χ0) is 18.1. The second-order valence-electron chi connectivity index (χ2n) is 5.25. The molecule has 0 aliphatic rings. The molecule has 2 amide bonds. The summed E-state index contributed by atoms with van der Waals surface area (Å²) in [5.74, 6) is 0.417. The summed E-state index contributed by atoms with van der Waals surface area (Å²) in [6, 6.07) is 14.8. The average Bonchev–Trinajstić information content (AvgIpc) is 2.66. The van der Waals surface area contributed by atoms with Crippen LogP contribution >= 0.6 is 11.8 Å². The van der Waals surface area contributed by atoms with Gasteiger partial charge in [-0.05, 0) is 55.3 Å². The first-order valence-electron chi connectivity index (χ1n) is 8.16. The fourth-order valence-corrected chi connectivity index (χ4v) is 2.77. The van der Waals surface area contributed by atoms with Gasteiger partial charge in [0.15, 0.2) is 0 Å². The number of carbonyl (C=O) groups excluding carboxylic acids is 2. The summed E-state index contributed by atoms with van der Waals surface area (Å²) in [6.07, 6.45) is 0.918. The molecule has 25 heavy (non-hydrogen) atoms. The quantitative estimate of drug-likeness (QED) is 0.589. The van der Waals surface area contributed by atoms with Crippen molar-refractivity contribution in [3.8, 4) is 5.75 Å². The maximum absolute atomic E-state index is 12.0. The highest BCUT2D eigenvalue weighted by Crippen LogP contribution is 2.21. The van der Waals surface area contributed by atoms with Crippen molar-refractivity contribution >= 4 is 23.6 Å². The molecule has 0 aliphatic heterocycles. The largest absolute Gasteiger partial charge is 0.494 e. The first-order valence-corrected chi connectivity index (χ1v) is 9.14. The van der Waals surface area contributed by atoms with Crippen molar-refractivity contribution in [2.75, 3.05) is 12.4 Å². The molecule has 0 aliphatic carbocycles. The molecular weight excluding hydrogens is 336 g/mol.